The van der Waals surface area contributed by atoms with Gasteiger partial charge in [-0.15, -0.1) is 12.6 Å². The van der Waals surface area contributed by atoms with E-state index in [0.717, 1.165) is 5.03 Å². The molecular formula is C5H9NS. The number of hydrogen-bond donors (Lipinski definition) is 2. The van der Waals surface area contributed by atoms with E-state index in [4.69, 9.17) is 0 Å². The van der Waals surface area contributed by atoms with Crippen molar-refractivity contribution in [2.24, 2.45) is 0 Å². The maximum Gasteiger partial charge on any atom is 0.0579 e. The Morgan fingerprint density at radius 1 is 1.71 bits per heavy atom. The first kappa shape index (κ1) is 5.04. The van der Waals surface area contributed by atoms with Crippen LogP contribution >= 0.6 is 12.6 Å². The molecule has 1 aliphatic rings. The highest BCUT2D eigenvalue weighted by Crippen LogP contribution is 2.20. The molecule has 7 heavy (non-hydrogen) atoms. The predicted molar refractivity (Wildman–Crippen MR) is 34.3 cm³/mol. The zero-order valence-corrected chi connectivity index (χ0v) is 5.04. The smallest absolute Gasteiger partial charge is 0.0579 e. The molecule has 0 amide bonds. The zero-order valence-electron chi connectivity index (χ0n) is 4.15. The number of rotatable bonds is 2. The van der Waals surface area contributed by atoms with Crippen molar-refractivity contribution in [1.82, 2.24) is 5.32 Å². The zero-order chi connectivity index (χ0) is 5.28. The average Bonchev–Trinajstić information content (AvgIpc) is 2.17. The summed E-state index contributed by atoms with van der Waals surface area (Å²) < 4.78 is 0. The van der Waals surface area contributed by atoms with Crippen molar-refractivity contribution in [3.63, 3.8) is 0 Å². The van der Waals surface area contributed by atoms with E-state index in [1.54, 1.807) is 0 Å². The Balaban J connectivity index is 2.08. The lowest BCUT2D eigenvalue weighted by molar-refractivity contribution is 0.854. The second-order valence-electron chi connectivity index (χ2n) is 1.87. The molecule has 1 fully saturated rings. The molecule has 0 saturated heterocycles. The van der Waals surface area contributed by atoms with Crippen LogP contribution in [0.1, 0.15) is 12.8 Å². The molecule has 2 heteroatoms. The Hall–Kier alpha value is -0.110. The third-order valence-electron chi connectivity index (χ3n) is 0.948. The Labute approximate surface area is 49.2 Å². The van der Waals surface area contributed by atoms with Gasteiger partial charge in [0.25, 0.3) is 0 Å². The fourth-order valence-electron chi connectivity index (χ4n) is 0.463. The summed E-state index contributed by atoms with van der Waals surface area (Å²) in [5.41, 5.74) is 0. The van der Waals surface area contributed by atoms with Crippen molar-refractivity contribution < 1.29 is 0 Å². The molecule has 0 spiro atoms. The van der Waals surface area contributed by atoms with Gasteiger partial charge < -0.3 is 5.32 Å². The van der Waals surface area contributed by atoms with Crippen molar-refractivity contribution in [2.75, 3.05) is 0 Å². The molecule has 40 valence electrons. The largest absolute Gasteiger partial charge is 0.378 e. The molecule has 0 heterocycles. The van der Waals surface area contributed by atoms with E-state index < -0.39 is 0 Å². The van der Waals surface area contributed by atoms with E-state index in [9.17, 15) is 0 Å². The first-order chi connectivity index (χ1) is 3.29. The molecule has 0 aromatic heterocycles. The van der Waals surface area contributed by atoms with Crippen molar-refractivity contribution in [3.8, 4) is 0 Å². The highest BCUT2D eigenvalue weighted by atomic mass is 32.1. The summed E-state index contributed by atoms with van der Waals surface area (Å²) in [5, 5.41) is 3.88. The standard InChI is InChI=1S/C5H9NS/c1-4(7)6-5-2-3-5/h5-7H,1-3H2. The highest BCUT2D eigenvalue weighted by molar-refractivity contribution is 7.84. The monoisotopic (exact) mass is 115 g/mol. The summed E-state index contributed by atoms with van der Waals surface area (Å²) in [5.74, 6) is 0. The van der Waals surface area contributed by atoms with E-state index in [1.165, 1.54) is 12.8 Å². The van der Waals surface area contributed by atoms with Gasteiger partial charge in [0.05, 0.1) is 5.03 Å². The lowest BCUT2D eigenvalue weighted by Crippen LogP contribution is -2.09. The maximum absolute atomic E-state index is 3.97. The highest BCUT2D eigenvalue weighted by Gasteiger charge is 2.19. The summed E-state index contributed by atoms with van der Waals surface area (Å²) in [6, 6.07) is 0.699. The van der Waals surface area contributed by atoms with Gasteiger partial charge in [-0.25, -0.2) is 0 Å². The van der Waals surface area contributed by atoms with Crippen molar-refractivity contribution in [1.29, 1.82) is 0 Å². The second-order valence-corrected chi connectivity index (χ2v) is 2.41. The molecule has 1 N–H and O–H groups in total. The summed E-state index contributed by atoms with van der Waals surface area (Å²) >= 11 is 3.97. The van der Waals surface area contributed by atoms with Crippen molar-refractivity contribution in [3.05, 3.63) is 11.6 Å². The third-order valence-corrected chi connectivity index (χ3v) is 1.08. The fourth-order valence-corrected chi connectivity index (χ4v) is 0.646. The van der Waals surface area contributed by atoms with Crippen molar-refractivity contribution in [2.45, 2.75) is 18.9 Å². The van der Waals surface area contributed by atoms with Gasteiger partial charge in [-0.2, -0.15) is 0 Å². The lowest BCUT2D eigenvalue weighted by Gasteiger charge is -1.96. The normalized spacial score (nSPS) is 19.0. The van der Waals surface area contributed by atoms with Crippen molar-refractivity contribution >= 4 is 12.6 Å². The second kappa shape index (κ2) is 1.78. The van der Waals surface area contributed by atoms with E-state index in [0.29, 0.717) is 6.04 Å². The average molecular weight is 115 g/mol. The topological polar surface area (TPSA) is 12.0 Å². The number of thiol groups is 1. The lowest BCUT2D eigenvalue weighted by atomic mass is 10.7. The minimum Gasteiger partial charge on any atom is -0.378 e. The van der Waals surface area contributed by atoms with Gasteiger partial charge in [-0.05, 0) is 12.8 Å². The molecule has 1 saturated carbocycles. The molecule has 1 rings (SSSR count). The van der Waals surface area contributed by atoms with Crippen LogP contribution in [0.5, 0.6) is 0 Å². The van der Waals surface area contributed by atoms with Crippen LogP contribution in [-0.2, 0) is 0 Å². The van der Waals surface area contributed by atoms with E-state index in [1.807, 2.05) is 0 Å². The van der Waals surface area contributed by atoms with E-state index in [2.05, 4.69) is 24.5 Å². The van der Waals surface area contributed by atoms with Crippen LogP contribution in [0.4, 0.5) is 0 Å². The molecule has 1 nitrogen and oxygen atoms in total. The molecule has 0 bridgehead atoms. The van der Waals surface area contributed by atoms with Crippen LogP contribution in [0, 0.1) is 0 Å². The molecule has 0 radical (unpaired) electrons. The maximum atomic E-state index is 3.97. The van der Waals surface area contributed by atoms with Gasteiger partial charge >= 0.3 is 0 Å². The predicted octanol–water partition coefficient (Wildman–Crippen LogP) is 1.14. The Morgan fingerprint density at radius 2 is 2.29 bits per heavy atom. The van der Waals surface area contributed by atoms with Crippen LogP contribution in [0.15, 0.2) is 11.6 Å². The third kappa shape index (κ3) is 1.88. The minimum atomic E-state index is 0.699. The molecular weight excluding hydrogens is 106 g/mol. The number of hydrogen-bond acceptors (Lipinski definition) is 2. The first-order valence-corrected chi connectivity index (χ1v) is 2.88. The molecule has 0 unspecified atom stereocenters. The quantitative estimate of drug-likeness (QED) is 0.514. The molecule has 0 aromatic carbocycles. The molecule has 0 atom stereocenters. The van der Waals surface area contributed by atoms with Gasteiger partial charge in [0.1, 0.15) is 0 Å². The summed E-state index contributed by atoms with van der Waals surface area (Å²) in [6.07, 6.45) is 2.58. The minimum absolute atomic E-state index is 0.699. The van der Waals surface area contributed by atoms with Gasteiger partial charge in [-0.3, -0.25) is 0 Å². The molecule has 1 aliphatic carbocycles. The van der Waals surface area contributed by atoms with Gasteiger partial charge in [-0.1, -0.05) is 6.58 Å². The Kier molecular flexibility index (Phi) is 1.28. The SMILES string of the molecule is C=C(S)NC1CC1. The molecule has 0 aliphatic heterocycles. The van der Waals surface area contributed by atoms with E-state index >= 15 is 0 Å². The molecule has 0 aromatic rings. The van der Waals surface area contributed by atoms with Crippen LogP contribution in [0.2, 0.25) is 0 Å². The number of nitrogens with one attached hydrogen (secondary N) is 1. The summed E-state index contributed by atoms with van der Waals surface area (Å²) in [7, 11) is 0. The first-order valence-electron chi connectivity index (χ1n) is 2.43. The van der Waals surface area contributed by atoms with Gasteiger partial charge in [0, 0.05) is 6.04 Å². The van der Waals surface area contributed by atoms with Crippen LogP contribution in [0.25, 0.3) is 0 Å². The Morgan fingerprint density at radius 3 is 2.43 bits per heavy atom. The van der Waals surface area contributed by atoms with Crippen LogP contribution < -0.4 is 5.32 Å². The summed E-state index contributed by atoms with van der Waals surface area (Å²) in [4.78, 5) is 0. The van der Waals surface area contributed by atoms with Crippen LogP contribution in [-0.4, -0.2) is 6.04 Å². The van der Waals surface area contributed by atoms with E-state index in [-0.39, 0.29) is 0 Å². The van der Waals surface area contributed by atoms with Gasteiger partial charge in [0.2, 0.25) is 0 Å². The summed E-state index contributed by atoms with van der Waals surface area (Å²) in [6.45, 7) is 3.59. The van der Waals surface area contributed by atoms with Gasteiger partial charge in [0.15, 0.2) is 0 Å². The van der Waals surface area contributed by atoms with Crippen LogP contribution in [0.3, 0.4) is 0 Å². The fraction of sp³-hybridized carbons (Fsp3) is 0.600. The Bertz CT molecular complexity index is 86.1.